The number of carbonyl (C=O) groups is 1. The lowest BCUT2D eigenvalue weighted by Crippen LogP contribution is -2.37. The van der Waals surface area contributed by atoms with Crippen LogP contribution in [-0.2, 0) is 6.54 Å². The highest BCUT2D eigenvalue weighted by Crippen LogP contribution is 2.40. The minimum Gasteiger partial charge on any atom is -0.496 e. The number of halogens is 4. The zero-order chi connectivity index (χ0) is 21.3. The maximum Gasteiger partial charge on any atom is 0.397 e. The lowest BCUT2D eigenvalue weighted by atomic mass is 9.94. The van der Waals surface area contributed by atoms with Gasteiger partial charge in [-0.05, 0) is 20.8 Å². The molecule has 0 unspecified atom stereocenters. The van der Waals surface area contributed by atoms with Gasteiger partial charge in [-0.2, -0.15) is 18.3 Å². The molecule has 7 nitrogen and oxygen atoms in total. The fourth-order valence-corrected chi connectivity index (χ4v) is 2.56. The van der Waals surface area contributed by atoms with Gasteiger partial charge in [-0.25, -0.2) is 9.78 Å². The summed E-state index contributed by atoms with van der Waals surface area (Å²) in [5, 5.41) is 13.1. The van der Waals surface area contributed by atoms with Gasteiger partial charge in [-0.3, -0.25) is 4.68 Å². The van der Waals surface area contributed by atoms with Crippen LogP contribution in [0.25, 0.3) is 11.3 Å². The summed E-state index contributed by atoms with van der Waals surface area (Å²) in [7, 11) is 1.35. The molecule has 0 fully saturated rings. The van der Waals surface area contributed by atoms with Crippen LogP contribution in [0.2, 0.25) is 5.02 Å². The Kier molecular flexibility index (Phi) is 6.12. The molecule has 1 N–H and O–H groups in total. The Bertz CT molecular complexity index is 881. The number of pyridine rings is 1. The van der Waals surface area contributed by atoms with Crippen molar-refractivity contribution >= 4 is 17.6 Å². The summed E-state index contributed by atoms with van der Waals surface area (Å²) < 4.78 is 50.7. The average Bonchev–Trinajstić information content (AvgIpc) is 2.95. The Labute approximate surface area is 164 Å². The van der Waals surface area contributed by atoms with E-state index >= 15 is 0 Å². The maximum atomic E-state index is 13.0. The number of rotatable bonds is 7. The molecule has 11 heteroatoms. The monoisotopic (exact) mass is 421 g/mol. The minimum absolute atomic E-state index is 0.0740. The SMILES string of the molecule is CCn1nc(C(=O)O)c(Cl)c1-c1cnc(OCC(C)(C)C(F)(F)F)cc1OC. The van der Waals surface area contributed by atoms with Gasteiger partial charge in [0.1, 0.15) is 17.4 Å². The number of carboxylic acid groups (broad SMARTS) is 1. The highest BCUT2D eigenvalue weighted by Gasteiger charge is 2.48. The predicted molar refractivity (Wildman–Crippen MR) is 95.0 cm³/mol. The van der Waals surface area contributed by atoms with Crippen molar-refractivity contribution in [2.45, 2.75) is 33.5 Å². The van der Waals surface area contributed by atoms with Crippen LogP contribution in [0.4, 0.5) is 13.2 Å². The van der Waals surface area contributed by atoms with E-state index in [4.69, 9.17) is 21.1 Å². The summed E-state index contributed by atoms with van der Waals surface area (Å²) >= 11 is 6.17. The number of aryl methyl sites for hydroxylation is 1. The van der Waals surface area contributed by atoms with Gasteiger partial charge in [0.05, 0.1) is 23.8 Å². The van der Waals surface area contributed by atoms with E-state index in [2.05, 4.69) is 10.1 Å². The van der Waals surface area contributed by atoms with E-state index in [1.165, 1.54) is 24.1 Å². The van der Waals surface area contributed by atoms with Crippen LogP contribution < -0.4 is 9.47 Å². The summed E-state index contributed by atoms with van der Waals surface area (Å²) in [5.41, 5.74) is -1.79. The zero-order valence-electron chi connectivity index (χ0n) is 15.6. The molecule has 0 radical (unpaired) electrons. The topological polar surface area (TPSA) is 86.5 Å². The Morgan fingerprint density at radius 2 is 2.00 bits per heavy atom. The lowest BCUT2D eigenvalue weighted by molar-refractivity contribution is -0.219. The first kappa shape index (κ1) is 21.8. The van der Waals surface area contributed by atoms with E-state index in [9.17, 15) is 23.1 Å². The Morgan fingerprint density at radius 1 is 1.36 bits per heavy atom. The van der Waals surface area contributed by atoms with E-state index in [0.717, 1.165) is 13.8 Å². The van der Waals surface area contributed by atoms with E-state index in [1.54, 1.807) is 6.92 Å². The Balaban J connectivity index is 2.41. The molecule has 28 heavy (non-hydrogen) atoms. The van der Waals surface area contributed by atoms with Crippen LogP contribution in [-0.4, -0.2) is 45.7 Å². The number of ether oxygens (including phenoxy) is 2. The molecule has 0 saturated carbocycles. The summed E-state index contributed by atoms with van der Waals surface area (Å²) in [6.45, 7) is 3.47. The molecular weight excluding hydrogens is 403 g/mol. The summed E-state index contributed by atoms with van der Waals surface area (Å²) in [6.07, 6.45) is -3.15. The number of carboxylic acids is 1. The van der Waals surface area contributed by atoms with Crippen molar-refractivity contribution in [1.82, 2.24) is 14.8 Å². The molecule has 154 valence electrons. The summed E-state index contributed by atoms with van der Waals surface area (Å²) in [5.74, 6) is -1.17. The molecule has 0 saturated heterocycles. The number of nitrogens with zero attached hydrogens (tertiary/aromatic N) is 3. The van der Waals surface area contributed by atoms with Crippen molar-refractivity contribution in [3.63, 3.8) is 0 Å². The second-order valence-electron chi connectivity index (χ2n) is 6.53. The van der Waals surface area contributed by atoms with Crippen molar-refractivity contribution in [1.29, 1.82) is 0 Å². The number of methoxy groups -OCH3 is 1. The predicted octanol–water partition coefficient (Wildman–Crippen LogP) is 4.29. The number of aromatic nitrogens is 3. The number of alkyl halides is 3. The van der Waals surface area contributed by atoms with Crippen LogP contribution in [0.3, 0.4) is 0 Å². The average molecular weight is 422 g/mol. The fourth-order valence-electron chi connectivity index (χ4n) is 2.24. The van der Waals surface area contributed by atoms with Gasteiger partial charge in [0.2, 0.25) is 5.88 Å². The third-order valence-electron chi connectivity index (χ3n) is 4.06. The Morgan fingerprint density at radius 3 is 2.50 bits per heavy atom. The van der Waals surface area contributed by atoms with Crippen LogP contribution in [0.5, 0.6) is 11.6 Å². The summed E-state index contributed by atoms with van der Waals surface area (Å²) in [4.78, 5) is 15.3. The maximum absolute atomic E-state index is 13.0. The van der Waals surface area contributed by atoms with Gasteiger partial charge < -0.3 is 14.6 Å². The second kappa shape index (κ2) is 7.86. The molecule has 0 amide bonds. The molecule has 0 aliphatic rings. The molecule has 0 bridgehead atoms. The molecule has 0 aliphatic carbocycles. The van der Waals surface area contributed by atoms with Gasteiger partial charge in [-0.1, -0.05) is 11.6 Å². The summed E-state index contributed by atoms with van der Waals surface area (Å²) in [6, 6.07) is 1.31. The van der Waals surface area contributed by atoms with Gasteiger partial charge in [0, 0.05) is 18.8 Å². The quantitative estimate of drug-likeness (QED) is 0.717. The molecule has 2 aromatic rings. The molecule has 2 aromatic heterocycles. The molecule has 0 spiro atoms. The smallest absolute Gasteiger partial charge is 0.397 e. The third kappa shape index (κ3) is 4.16. The van der Waals surface area contributed by atoms with E-state index < -0.39 is 24.2 Å². The Hall–Kier alpha value is -2.49. The fraction of sp³-hybridized carbons (Fsp3) is 0.471. The van der Waals surface area contributed by atoms with Crippen LogP contribution in [0.1, 0.15) is 31.3 Å². The van der Waals surface area contributed by atoms with Gasteiger partial charge in [0.25, 0.3) is 0 Å². The normalized spacial score (nSPS) is 12.1. The van der Waals surface area contributed by atoms with Crippen LogP contribution >= 0.6 is 11.6 Å². The highest BCUT2D eigenvalue weighted by molar-refractivity contribution is 6.35. The first-order chi connectivity index (χ1) is 12.9. The van der Waals surface area contributed by atoms with Gasteiger partial charge in [0.15, 0.2) is 5.69 Å². The van der Waals surface area contributed by atoms with Crippen LogP contribution in [0, 0.1) is 5.41 Å². The van der Waals surface area contributed by atoms with Crippen LogP contribution in [0.15, 0.2) is 12.3 Å². The number of hydrogen-bond acceptors (Lipinski definition) is 5. The largest absolute Gasteiger partial charge is 0.496 e. The third-order valence-corrected chi connectivity index (χ3v) is 4.42. The van der Waals surface area contributed by atoms with E-state index in [1.807, 2.05) is 0 Å². The van der Waals surface area contributed by atoms with Crippen molar-refractivity contribution < 1.29 is 32.5 Å². The highest BCUT2D eigenvalue weighted by atomic mass is 35.5. The van der Waals surface area contributed by atoms with Crippen molar-refractivity contribution in [2.75, 3.05) is 13.7 Å². The first-order valence-electron chi connectivity index (χ1n) is 8.16. The molecule has 0 aliphatic heterocycles. The minimum atomic E-state index is -4.44. The molecule has 2 heterocycles. The molecule has 0 atom stereocenters. The lowest BCUT2D eigenvalue weighted by Gasteiger charge is -2.27. The number of aromatic carboxylic acids is 1. The number of hydrogen-bond donors (Lipinski definition) is 1. The van der Waals surface area contributed by atoms with Gasteiger partial charge in [-0.15, -0.1) is 0 Å². The van der Waals surface area contributed by atoms with Gasteiger partial charge >= 0.3 is 12.1 Å². The van der Waals surface area contributed by atoms with E-state index in [-0.39, 0.29) is 28.0 Å². The molecule has 2 rings (SSSR count). The molecule has 0 aromatic carbocycles. The first-order valence-corrected chi connectivity index (χ1v) is 8.54. The zero-order valence-corrected chi connectivity index (χ0v) is 16.4. The van der Waals surface area contributed by atoms with Crippen molar-refractivity contribution in [3.05, 3.63) is 23.0 Å². The van der Waals surface area contributed by atoms with Crippen molar-refractivity contribution in [3.8, 4) is 22.9 Å². The standard InChI is InChI=1S/C17H19ClF3N3O4/c1-5-24-14(12(18)13(23-24)15(25)26)9-7-22-11(6-10(9)27-4)28-8-16(2,3)17(19,20)21/h6-7H,5,8H2,1-4H3,(H,25,26). The van der Waals surface area contributed by atoms with Crippen molar-refractivity contribution in [2.24, 2.45) is 5.41 Å². The molecular formula is C17H19ClF3N3O4. The van der Waals surface area contributed by atoms with E-state index in [0.29, 0.717) is 12.1 Å². The second-order valence-corrected chi connectivity index (χ2v) is 6.90.